The number of benzene rings is 1. The Balaban J connectivity index is 1.66. The van der Waals surface area contributed by atoms with Gasteiger partial charge in [-0.25, -0.2) is 0 Å². The number of esters is 1. The summed E-state index contributed by atoms with van der Waals surface area (Å²) in [5.74, 6) is -0.142. The molecule has 21 nitrogen and oxygen atoms in total. The minimum absolute atomic E-state index is 0.142. The van der Waals surface area contributed by atoms with E-state index in [0.29, 0.717) is 158 Å². The first-order valence-electron chi connectivity index (χ1n) is 26.2. The molecule has 0 aliphatic rings. The molecule has 0 saturated heterocycles. The van der Waals surface area contributed by atoms with E-state index in [2.05, 4.69) is 12.2 Å². The number of non-ortho nitro benzene ring substituents is 1. The van der Waals surface area contributed by atoms with E-state index in [1.54, 1.807) is 0 Å². The molecule has 0 amide bonds. The number of carbonyl (C=O) groups is 1. The molecule has 0 fully saturated rings. The Labute approximate surface area is 423 Å². The fourth-order valence-corrected chi connectivity index (χ4v) is 6.64. The Hall–Kier alpha value is -3.19. The lowest BCUT2D eigenvalue weighted by Gasteiger charge is -2.09. The molecule has 71 heavy (non-hydrogen) atoms. The van der Waals surface area contributed by atoms with Crippen LogP contribution in [-0.4, -0.2) is 188 Å². The van der Waals surface area contributed by atoms with Gasteiger partial charge in [-0.15, -0.1) is 0 Å². The molecule has 21 heteroatoms. The lowest BCUT2D eigenvalue weighted by molar-refractivity contribution is -0.393. The van der Waals surface area contributed by atoms with Gasteiger partial charge >= 0.3 is 5.97 Å². The average Bonchev–Trinajstić information content (AvgIpc) is 3.36. The lowest BCUT2D eigenvalue weighted by atomic mass is 10.0. The van der Waals surface area contributed by atoms with Crippen molar-refractivity contribution in [3.63, 3.8) is 0 Å². The van der Waals surface area contributed by atoms with Crippen molar-refractivity contribution >= 4 is 23.0 Å². The van der Waals surface area contributed by atoms with Crippen LogP contribution in [-0.2, 0) is 66.4 Å². The van der Waals surface area contributed by atoms with Crippen LogP contribution in [0.5, 0.6) is 0 Å². The summed E-state index contributed by atoms with van der Waals surface area (Å²) >= 11 is 0. The molecule has 0 saturated carbocycles. The number of rotatable bonds is 58. The van der Waals surface area contributed by atoms with Gasteiger partial charge in [0.2, 0.25) is 0 Å². The number of carbonyl (C=O) groups excluding carboxylic acids is 1. The third kappa shape index (κ3) is 46.4. The van der Waals surface area contributed by atoms with Crippen LogP contribution in [0.1, 0.15) is 110 Å². The van der Waals surface area contributed by atoms with Crippen molar-refractivity contribution in [1.82, 2.24) is 0 Å². The predicted octanol–water partition coefficient (Wildman–Crippen LogP) is 7.92. The van der Waals surface area contributed by atoms with Crippen LogP contribution in [0.4, 0.5) is 17.1 Å². The van der Waals surface area contributed by atoms with E-state index in [0.717, 1.165) is 18.9 Å². The Morgan fingerprint density at radius 3 is 1.01 bits per heavy atom. The molecule has 0 radical (unpaired) electrons. The van der Waals surface area contributed by atoms with Gasteiger partial charge in [0, 0.05) is 19.0 Å². The van der Waals surface area contributed by atoms with Gasteiger partial charge in [-0.2, -0.15) is 0 Å². The van der Waals surface area contributed by atoms with E-state index < -0.39 is 9.85 Å². The molecule has 0 aliphatic carbocycles. The zero-order valence-corrected chi connectivity index (χ0v) is 43.2. The van der Waals surface area contributed by atoms with Gasteiger partial charge in [-0.1, -0.05) is 96.8 Å². The maximum atomic E-state index is 11.9. The molecule has 0 heterocycles. The summed E-state index contributed by atoms with van der Waals surface area (Å²) in [6.45, 7) is 13.2. The highest BCUT2D eigenvalue weighted by Crippen LogP contribution is 2.28. The molecular weight excluding hydrogens is 931 g/mol. The summed E-state index contributed by atoms with van der Waals surface area (Å²) in [6.07, 6.45) is 20.1. The zero-order chi connectivity index (χ0) is 51.2. The number of nitro benzene ring substituents is 2. The third-order valence-corrected chi connectivity index (χ3v) is 10.5. The SMILES string of the molecule is CCCCCCCCCCCCCCCCCC(=O)OCCOCCOCCOCCOCCOCCOCCOCCOCCOCCOCCOCCOCCNc1ccc([N+](=O)[O-])cc1[N+](=O)[O-]. The maximum Gasteiger partial charge on any atom is 0.305 e. The number of nitrogens with zero attached hydrogens (tertiary/aromatic N) is 2. The van der Waals surface area contributed by atoms with Crippen LogP contribution in [0.25, 0.3) is 0 Å². The topological polar surface area (TPSA) is 235 Å². The highest BCUT2D eigenvalue weighted by atomic mass is 16.6. The third-order valence-electron chi connectivity index (χ3n) is 10.5. The fraction of sp³-hybridized carbons (Fsp3) is 0.860. The van der Waals surface area contributed by atoms with E-state index >= 15 is 0 Å². The number of unbranched alkanes of at least 4 members (excludes halogenated alkanes) is 14. The minimum Gasteiger partial charge on any atom is -0.463 e. The summed E-state index contributed by atoms with van der Waals surface area (Å²) in [7, 11) is 0. The summed E-state index contributed by atoms with van der Waals surface area (Å²) < 4.78 is 71.1. The molecular formula is C50H91N3O18. The van der Waals surface area contributed by atoms with Crippen molar-refractivity contribution in [2.75, 3.05) is 177 Å². The van der Waals surface area contributed by atoms with E-state index in [1.807, 2.05) is 0 Å². The van der Waals surface area contributed by atoms with E-state index in [-0.39, 0.29) is 42.8 Å². The number of hydrogen-bond donors (Lipinski definition) is 1. The highest BCUT2D eigenvalue weighted by Gasteiger charge is 2.19. The van der Waals surface area contributed by atoms with Crippen LogP contribution in [0.2, 0.25) is 0 Å². The number of nitrogens with one attached hydrogen (secondary N) is 1. The number of nitro groups is 2. The largest absolute Gasteiger partial charge is 0.463 e. The van der Waals surface area contributed by atoms with Crippen molar-refractivity contribution in [3.05, 3.63) is 38.4 Å². The molecule has 0 bridgehead atoms. The van der Waals surface area contributed by atoms with Crippen molar-refractivity contribution < 1.29 is 76.2 Å². The van der Waals surface area contributed by atoms with Crippen molar-refractivity contribution in [2.45, 2.75) is 110 Å². The quantitative estimate of drug-likeness (QED) is 0.0282. The van der Waals surface area contributed by atoms with Crippen LogP contribution in [0, 0.1) is 20.2 Å². The smallest absolute Gasteiger partial charge is 0.305 e. The van der Waals surface area contributed by atoms with Crippen molar-refractivity contribution in [3.8, 4) is 0 Å². The molecule has 1 aromatic rings. The second kappa shape index (κ2) is 53.1. The Bertz CT molecular complexity index is 1350. The molecule has 414 valence electrons. The first kappa shape index (κ1) is 65.8. The summed E-state index contributed by atoms with van der Waals surface area (Å²) in [4.78, 5) is 32.6. The average molecular weight is 1020 g/mol. The van der Waals surface area contributed by atoms with Crippen LogP contribution >= 0.6 is 0 Å². The number of hydrogen-bond acceptors (Lipinski definition) is 19. The van der Waals surface area contributed by atoms with E-state index in [9.17, 15) is 25.0 Å². The monoisotopic (exact) mass is 1020 g/mol. The van der Waals surface area contributed by atoms with Gasteiger partial charge in [-0.05, 0) is 12.5 Å². The molecule has 1 aromatic carbocycles. The normalized spacial score (nSPS) is 11.4. The van der Waals surface area contributed by atoms with E-state index in [1.165, 1.54) is 95.6 Å². The Kier molecular flexibility index (Phi) is 49.2. The van der Waals surface area contributed by atoms with Gasteiger partial charge < -0.3 is 66.9 Å². The molecule has 1 N–H and O–H groups in total. The van der Waals surface area contributed by atoms with Gasteiger partial charge in [0.25, 0.3) is 11.4 Å². The minimum atomic E-state index is -0.681. The first-order chi connectivity index (χ1) is 35.0. The second-order valence-electron chi connectivity index (χ2n) is 16.4. The number of anilines is 1. The lowest BCUT2D eigenvalue weighted by Crippen LogP contribution is -2.16. The van der Waals surface area contributed by atoms with E-state index in [4.69, 9.17) is 61.6 Å². The summed E-state index contributed by atoms with van der Waals surface area (Å²) in [6, 6.07) is 3.43. The van der Waals surface area contributed by atoms with Crippen molar-refractivity contribution in [2.24, 2.45) is 0 Å². The summed E-state index contributed by atoms with van der Waals surface area (Å²) in [5, 5.41) is 24.9. The molecule has 0 spiro atoms. The fourth-order valence-electron chi connectivity index (χ4n) is 6.64. The highest BCUT2D eigenvalue weighted by molar-refractivity contribution is 5.69. The first-order valence-corrected chi connectivity index (χ1v) is 26.2. The molecule has 0 atom stereocenters. The molecule has 0 unspecified atom stereocenters. The van der Waals surface area contributed by atoms with Gasteiger partial charge in [-0.3, -0.25) is 25.0 Å². The van der Waals surface area contributed by atoms with Crippen LogP contribution in [0.3, 0.4) is 0 Å². The molecule has 0 aliphatic heterocycles. The van der Waals surface area contributed by atoms with Crippen LogP contribution < -0.4 is 5.32 Å². The Morgan fingerprint density at radius 1 is 0.408 bits per heavy atom. The van der Waals surface area contributed by atoms with Gasteiger partial charge in [0.15, 0.2) is 0 Å². The molecule has 0 aromatic heterocycles. The molecule has 1 rings (SSSR count). The van der Waals surface area contributed by atoms with Crippen molar-refractivity contribution in [1.29, 1.82) is 0 Å². The zero-order valence-electron chi connectivity index (χ0n) is 43.2. The van der Waals surface area contributed by atoms with Gasteiger partial charge in [0.1, 0.15) is 12.3 Å². The predicted molar refractivity (Wildman–Crippen MR) is 269 cm³/mol. The Morgan fingerprint density at radius 2 is 0.704 bits per heavy atom. The standard InChI is InChI=1S/C50H91N3O18/c1-2-3-4-5-6-7-8-9-10-11-12-13-14-15-16-17-50(54)71-45-44-70-43-42-69-41-40-68-39-38-67-37-36-66-35-34-65-33-32-64-31-30-63-29-28-62-27-26-61-25-24-60-23-22-59-21-20-51-48-19-18-47(52(55)56)46-49(48)53(57)58/h18-19,46,51H,2-17,20-45H2,1H3. The van der Waals surface area contributed by atoms with Gasteiger partial charge in [0.05, 0.1) is 174 Å². The maximum absolute atomic E-state index is 11.9. The number of ether oxygens (including phenoxy) is 13. The van der Waals surface area contributed by atoms with Crippen LogP contribution in [0.15, 0.2) is 18.2 Å². The second-order valence-corrected chi connectivity index (χ2v) is 16.4. The summed E-state index contributed by atoms with van der Waals surface area (Å²) in [5.41, 5.74) is -0.535.